The topological polar surface area (TPSA) is 98.5 Å². The van der Waals surface area contributed by atoms with Crippen LogP contribution in [0.5, 0.6) is 0 Å². The molecule has 0 saturated carbocycles. The third-order valence-electron chi connectivity index (χ3n) is 3.06. The number of carbonyl (C=O) groups is 2. The van der Waals surface area contributed by atoms with Gasteiger partial charge in [-0.2, -0.15) is 0 Å². The van der Waals surface area contributed by atoms with E-state index in [0.29, 0.717) is 10.6 Å². The van der Waals surface area contributed by atoms with Gasteiger partial charge in [-0.15, -0.1) is 0 Å². The zero-order chi connectivity index (χ0) is 18.4. The fraction of sp³-hybridized carbons (Fsp3) is 0.125. The molecule has 0 heterocycles. The smallest absolute Gasteiger partial charge is 0.310 e. The molecule has 1 amide bonds. The van der Waals surface area contributed by atoms with Crippen LogP contribution in [0.25, 0.3) is 0 Å². The fourth-order valence-corrected chi connectivity index (χ4v) is 2.00. The second kappa shape index (κ2) is 8.20. The molecule has 0 aliphatic carbocycles. The van der Waals surface area contributed by atoms with Gasteiger partial charge in [0.1, 0.15) is 5.82 Å². The zero-order valence-electron chi connectivity index (χ0n) is 12.7. The second-order valence-electron chi connectivity index (χ2n) is 4.93. The van der Waals surface area contributed by atoms with Gasteiger partial charge in [-0.05, 0) is 23.8 Å². The molecular formula is C16H12ClFN2O5. The maximum atomic E-state index is 13.6. The molecule has 0 aliphatic rings. The van der Waals surface area contributed by atoms with Crippen LogP contribution in [0.4, 0.5) is 15.8 Å². The first-order valence-corrected chi connectivity index (χ1v) is 7.37. The molecule has 2 rings (SSSR count). The first-order valence-electron chi connectivity index (χ1n) is 6.99. The van der Waals surface area contributed by atoms with Gasteiger partial charge >= 0.3 is 5.97 Å². The van der Waals surface area contributed by atoms with E-state index in [0.717, 1.165) is 18.2 Å². The molecule has 0 aliphatic heterocycles. The van der Waals surface area contributed by atoms with Crippen LogP contribution in [0.2, 0.25) is 5.02 Å². The summed E-state index contributed by atoms with van der Waals surface area (Å²) in [4.78, 5) is 33.3. The van der Waals surface area contributed by atoms with Crippen LogP contribution < -0.4 is 5.32 Å². The monoisotopic (exact) mass is 366 g/mol. The fourth-order valence-electron chi connectivity index (χ4n) is 1.87. The summed E-state index contributed by atoms with van der Waals surface area (Å²) in [5, 5.41) is 13.3. The van der Waals surface area contributed by atoms with E-state index in [-0.39, 0.29) is 17.8 Å². The highest BCUT2D eigenvalue weighted by Gasteiger charge is 2.14. The van der Waals surface area contributed by atoms with E-state index in [2.05, 4.69) is 5.32 Å². The number of nitrogens with one attached hydrogen (secondary N) is 1. The van der Waals surface area contributed by atoms with Crippen LogP contribution in [0.15, 0.2) is 42.5 Å². The van der Waals surface area contributed by atoms with Crippen molar-refractivity contribution < 1.29 is 23.6 Å². The summed E-state index contributed by atoms with van der Waals surface area (Å²) in [6, 6.07) is 9.22. The minimum absolute atomic E-state index is 0.0599. The third kappa shape index (κ3) is 5.54. The summed E-state index contributed by atoms with van der Waals surface area (Å²) < 4.78 is 18.3. The highest BCUT2D eigenvalue weighted by Crippen LogP contribution is 2.21. The number of hydrogen-bond donors (Lipinski definition) is 1. The molecule has 0 aromatic heterocycles. The van der Waals surface area contributed by atoms with Crippen LogP contribution in [-0.2, 0) is 20.7 Å². The van der Waals surface area contributed by atoms with Crippen LogP contribution in [0.1, 0.15) is 5.56 Å². The van der Waals surface area contributed by atoms with Crippen molar-refractivity contribution >= 4 is 34.9 Å². The first-order chi connectivity index (χ1) is 11.8. The van der Waals surface area contributed by atoms with Gasteiger partial charge in [0.2, 0.25) is 0 Å². The molecule has 0 unspecified atom stereocenters. The molecule has 0 saturated heterocycles. The van der Waals surface area contributed by atoms with Crippen LogP contribution in [0.3, 0.4) is 0 Å². The Labute approximate surface area is 146 Å². The lowest BCUT2D eigenvalue weighted by atomic mass is 10.1. The van der Waals surface area contributed by atoms with Crippen molar-refractivity contribution in [3.8, 4) is 0 Å². The van der Waals surface area contributed by atoms with Crippen molar-refractivity contribution in [3.63, 3.8) is 0 Å². The van der Waals surface area contributed by atoms with E-state index in [1.807, 2.05) is 0 Å². The van der Waals surface area contributed by atoms with Crippen molar-refractivity contribution in [3.05, 3.63) is 69.0 Å². The van der Waals surface area contributed by atoms with Crippen molar-refractivity contribution in [1.82, 2.24) is 0 Å². The summed E-state index contributed by atoms with van der Waals surface area (Å²) in [7, 11) is 0. The molecule has 9 heteroatoms. The molecule has 0 radical (unpaired) electrons. The van der Waals surface area contributed by atoms with Crippen molar-refractivity contribution in [2.75, 3.05) is 11.9 Å². The Morgan fingerprint density at radius 2 is 1.88 bits per heavy atom. The average Bonchev–Trinajstić information content (AvgIpc) is 2.57. The van der Waals surface area contributed by atoms with Gasteiger partial charge in [0, 0.05) is 17.2 Å². The van der Waals surface area contributed by atoms with Crippen LogP contribution in [0, 0.1) is 15.9 Å². The summed E-state index contributed by atoms with van der Waals surface area (Å²) >= 11 is 5.73. The normalized spacial score (nSPS) is 10.2. The second-order valence-corrected chi connectivity index (χ2v) is 5.37. The van der Waals surface area contributed by atoms with Gasteiger partial charge < -0.3 is 10.1 Å². The number of anilines is 1. The summed E-state index contributed by atoms with van der Waals surface area (Å²) in [5.41, 5.74) is -0.0936. The Hall–Kier alpha value is -3.00. The summed E-state index contributed by atoms with van der Waals surface area (Å²) in [6.07, 6.45) is -0.0599. The van der Waals surface area contributed by atoms with Gasteiger partial charge in [0.15, 0.2) is 6.61 Å². The van der Waals surface area contributed by atoms with Gasteiger partial charge in [-0.3, -0.25) is 19.7 Å². The van der Waals surface area contributed by atoms with Gasteiger partial charge in [-0.25, -0.2) is 4.39 Å². The molecule has 1 N–H and O–H groups in total. The van der Waals surface area contributed by atoms with E-state index >= 15 is 0 Å². The number of nitro benzene ring substituents is 1. The Kier molecular flexibility index (Phi) is 6.02. The van der Waals surface area contributed by atoms with Crippen LogP contribution in [-0.4, -0.2) is 23.4 Å². The van der Waals surface area contributed by atoms with E-state index in [1.54, 1.807) is 24.3 Å². The van der Waals surface area contributed by atoms with Crippen molar-refractivity contribution in [1.29, 1.82) is 0 Å². The highest BCUT2D eigenvalue weighted by atomic mass is 35.5. The number of halogens is 2. The number of ether oxygens (including phenoxy) is 1. The van der Waals surface area contributed by atoms with Gasteiger partial charge in [0.05, 0.1) is 17.0 Å². The number of benzene rings is 2. The molecule has 25 heavy (non-hydrogen) atoms. The average molecular weight is 367 g/mol. The molecule has 130 valence electrons. The molecule has 0 spiro atoms. The molecular weight excluding hydrogens is 355 g/mol. The van der Waals surface area contributed by atoms with E-state index < -0.39 is 29.2 Å². The Morgan fingerprint density at radius 3 is 2.52 bits per heavy atom. The van der Waals surface area contributed by atoms with Crippen molar-refractivity contribution in [2.45, 2.75) is 6.42 Å². The van der Waals surface area contributed by atoms with E-state index in [4.69, 9.17) is 16.3 Å². The Balaban J connectivity index is 1.88. The predicted octanol–water partition coefficient (Wildman–Crippen LogP) is 3.11. The minimum atomic E-state index is -0.841. The SMILES string of the molecule is O=C(COC(=O)Cc1ccc(Cl)cc1)Nc1cc([N+](=O)[O-])ccc1F. The molecule has 2 aromatic rings. The number of rotatable bonds is 6. The number of hydrogen-bond acceptors (Lipinski definition) is 5. The molecule has 0 fully saturated rings. The molecule has 7 nitrogen and oxygen atoms in total. The highest BCUT2D eigenvalue weighted by molar-refractivity contribution is 6.30. The number of amides is 1. The quantitative estimate of drug-likeness (QED) is 0.481. The Bertz CT molecular complexity index is 811. The summed E-state index contributed by atoms with van der Waals surface area (Å²) in [5.74, 6) is -2.31. The maximum Gasteiger partial charge on any atom is 0.310 e. The largest absolute Gasteiger partial charge is 0.455 e. The standard InChI is InChI=1S/C16H12ClFN2O5/c17-11-3-1-10(2-4-11)7-16(22)25-9-15(21)19-14-8-12(20(23)24)5-6-13(14)18/h1-6,8H,7,9H2,(H,19,21). The lowest BCUT2D eigenvalue weighted by Gasteiger charge is -2.07. The van der Waals surface area contributed by atoms with Gasteiger partial charge in [-0.1, -0.05) is 23.7 Å². The minimum Gasteiger partial charge on any atom is -0.455 e. The van der Waals surface area contributed by atoms with Gasteiger partial charge in [0.25, 0.3) is 11.6 Å². The number of esters is 1. The Morgan fingerprint density at radius 1 is 1.20 bits per heavy atom. The van der Waals surface area contributed by atoms with Crippen molar-refractivity contribution in [2.24, 2.45) is 0 Å². The maximum absolute atomic E-state index is 13.6. The van der Waals surface area contributed by atoms with E-state index in [1.165, 1.54) is 0 Å². The predicted molar refractivity (Wildman–Crippen MR) is 87.8 cm³/mol. The third-order valence-corrected chi connectivity index (χ3v) is 3.31. The number of carbonyl (C=O) groups excluding carboxylic acids is 2. The molecule has 0 bridgehead atoms. The number of nitro groups is 1. The van der Waals surface area contributed by atoms with Crippen LogP contribution >= 0.6 is 11.6 Å². The first kappa shape index (κ1) is 18.3. The number of non-ortho nitro benzene ring substituents is 1. The molecule has 0 atom stereocenters. The summed E-state index contributed by atoms with van der Waals surface area (Å²) in [6.45, 7) is -0.644. The zero-order valence-corrected chi connectivity index (χ0v) is 13.5. The lowest BCUT2D eigenvalue weighted by molar-refractivity contribution is -0.384. The number of nitrogens with zero attached hydrogens (tertiary/aromatic N) is 1. The lowest BCUT2D eigenvalue weighted by Crippen LogP contribution is -2.22. The molecule has 2 aromatic carbocycles. The van der Waals surface area contributed by atoms with E-state index in [9.17, 15) is 24.1 Å².